The summed E-state index contributed by atoms with van der Waals surface area (Å²) in [7, 11) is 1.66. The second-order valence-corrected chi connectivity index (χ2v) is 9.52. The second-order valence-electron chi connectivity index (χ2n) is 9.52. The maximum absolute atomic E-state index is 13.6. The quantitative estimate of drug-likeness (QED) is 0.520. The summed E-state index contributed by atoms with van der Waals surface area (Å²) in [6.07, 6.45) is 3.72. The molecule has 0 aromatic heterocycles. The Morgan fingerprint density at radius 1 is 1.12 bits per heavy atom. The van der Waals surface area contributed by atoms with E-state index in [9.17, 15) is 14.7 Å². The number of rotatable bonds is 10. The number of nitrogens with zero attached hydrogens (tertiary/aromatic N) is 2. The zero-order valence-corrected chi connectivity index (χ0v) is 21.9. The summed E-state index contributed by atoms with van der Waals surface area (Å²) in [5.41, 5.74) is 0.388. The SMILES string of the molecule is CCCCN1C(=O)[C@@H]([C@H](O)C(CC)CC)NC(=O)C12CCN(Cc1ccc(OC)cc1)CC2.Cl. The van der Waals surface area contributed by atoms with Gasteiger partial charge in [-0.3, -0.25) is 14.5 Å². The van der Waals surface area contributed by atoms with Gasteiger partial charge in [-0.2, -0.15) is 0 Å². The minimum atomic E-state index is -0.854. The van der Waals surface area contributed by atoms with Gasteiger partial charge in [0.15, 0.2) is 0 Å². The minimum absolute atomic E-state index is 0. The lowest BCUT2D eigenvalue weighted by Crippen LogP contribution is -2.75. The molecule has 2 heterocycles. The van der Waals surface area contributed by atoms with E-state index in [-0.39, 0.29) is 30.1 Å². The molecule has 0 aliphatic carbocycles. The maximum Gasteiger partial charge on any atom is 0.248 e. The standard InChI is InChI=1S/C26H41N3O4.ClH/c1-5-8-15-29-24(31)22(23(30)20(6-2)7-3)27-25(32)26(29)13-16-28(17-14-26)18-19-9-11-21(33-4)12-10-19;/h9-12,20,22-23,30H,5-8,13-18H2,1-4H3,(H,27,32);1H/t22-,23-;/m1./s1. The highest BCUT2D eigenvalue weighted by Gasteiger charge is 2.55. The third-order valence-corrected chi connectivity index (χ3v) is 7.62. The fraction of sp³-hybridized carbons (Fsp3) is 0.692. The number of hydrogen-bond acceptors (Lipinski definition) is 5. The molecule has 7 nitrogen and oxygen atoms in total. The number of unbranched alkanes of at least 4 members (excludes halogenated alkanes) is 1. The van der Waals surface area contributed by atoms with Gasteiger partial charge < -0.3 is 20.1 Å². The summed E-state index contributed by atoms with van der Waals surface area (Å²) in [6, 6.07) is 7.22. The average Bonchev–Trinajstić information content (AvgIpc) is 2.84. The predicted molar refractivity (Wildman–Crippen MR) is 136 cm³/mol. The van der Waals surface area contributed by atoms with Crippen molar-refractivity contribution in [3.05, 3.63) is 29.8 Å². The highest BCUT2D eigenvalue weighted by Crippen LogP contribution is 2.35. The fourth-order valence-corrected chi connectivity index (χ4v) is 5.32. The Morgan fingerprint density at radius 3 is 2.26 bits per heavy atom. The Hall–Kier alpha value is -1.83. The van der Waals surface area contributed by atoms with Gasteiger partial charge in [-0.25, -0.2) is 0 Å². The van der Waals surface area contributed by atoms with E-state index in [1.807, 2.05) is 30.9 Å². The molecule has 1 spiro atoms. The first kappa shape index (κ1) is 28.4. The van der Waals surface area contributed by atoms with Gasteiger partial charge in [0.25, 0.3) is 0 Å². The van der Waals surface area contributed by atoms with Crippen LogP contribution in [0.3, 0.4) is 0 Å². The lowest BCUT2D eigenvalue weighted by molar-refractivity contribution is -0.165. The topological polar surface area (TPSA) is 82.1 Å². The molecule has 0 saturated carbocycles. The number of halogens is 1. The first-order valence-electron chi connectivity index (χ1n) is 12.6. The molecule has 2 N–H and O–H groups in total. The Kier molecular flexibility index (Phi) is 10.7. The molecule has 192 valence electrons. The number of methoxy groups -OCH3 is 1. The van der Waals surface area contributed by atoms with Crippen molar-refractivity contribution < 1.29 is 19.4 Å². The molecule has 0 radical (unpaired) electrons. The van der Waals surface area contributed by atoms with Gasteiger partial charge in [-0.1, -0.05) is 52.2 Å². The van der Waals surface area contributed by atoms with Crippen LogP contribution >= 0.6 is 12.4 Å². The van der Waals surface area contributed by atoms with Crippen molar-refractivity contribution in [2.45, 2.75) is 83.5 Å². The van der Waals surface area contributed by atoms with E-state index in [1.165, 1.54) is 5.56 Å². The van der Waals surface area contributed by atoms with Gasteiger partial charge in [0, 0.05) is 26.2 Å². The molecule has 0 unspecified atom stereocenters. The van der Waals surface area contributed by atoms with Crippen molar-refractivity contribution in [3.63, 3.8) is 0 Å². The van der Waals surface area contributed by atoms with Crippen molar-refractivity contribution in [1.29, 1.82) is 0 Å². The lowest BCUT2D eigenvalue weighted by atomic mass is 9.79. The Morgan fingerprint density at radius 2 is 1.74 bits per heavy atom. The summed E-state index contributed by atoms with van der Waals surface area (Å²) in [6.45, 7) is 8.98. The molecule has 2 aliphatic rings. The Bertz CT molecular complexity index is 792. The number of piperidine rings is 1. The Balaban J connectivity index is 0.00000408. The molecule has 2 saturated heterocycles. The highest BCUT2D eigenvalue weighted by molar-refractivity contribution is 6.00. The van der Waals surface area contributed by atoms with Gasteiger partial charge in [0.1, 0.15) is 17.3 Å². The molecule has 8 heteroatoms. The van der Waals surface area contributed by atoms with Crippen molar-refractivity contribution >= 4 is 24.2 Å². The normalized spacial score (nSPS) is 21.4. The number of nitrogens with one attached hydrogen (secondary N) is 1. The van der Waals surface area contributed by atoms with Crippen LogP contribution in [0.2, 0.25) is 0 Å². The van der Waals surface area contributed by atoms with Gasteiger partial charge >= 0.3 is 0 Å². The van der Waals surface area contributed by atoms with E-state index in [0.29, 0.717) is 19.4 Å². The van der Waals surface area contributed by atoms with Gasteiger partial charge in [0.05, 0.1) is 13.2 Å². The van der Waals surface area contributed by atoms with Crippen molar-refractivity contribution in [2.75, 3.05) is 26.7 Å². The molecule has 0 bridgehead atoms. The van der Waals surface area contributed by atoms with Gasteiger partial charge in [-0.05, 0) is 42.9 Å². The number of benzene rings is 1. The monoisotopic (exact) mass is 495 g/mol. The van der Waals surface area contributed by atoms with Gasteiger partial charge in [-0.15, -0.1) is 12.4 Å². The van der Waals surface area contributed by atoms with Crippen molar-refractivity contribution in [3.8, 4) is 5.75 Å². The van der Waals surface area contributed by atoms with Crippen LogP contribution in [0, 0.1) is 5.92 Å². The number of aliphatic hydroxyl groups excluding tert-OH is 1. The van der Waals surface area contributed by atoms with Crippen LogP contribution in [0.25, 0.3) is 0 Å². The molecule has 2 amide bonds. The molecule has 2 fully saturated rings. The second kappa shape index (κ2) is 12.8. The number of carbonyl (C=O) groups excluding carboxylic acids is 2. The van der Waals surface area contributed by atoms with Crippen molar-refractivity contribution in [1.82, 2.24) is 15.1 Å². The first-order valence-corrected chi connectivity index (χ1v) is 12.6. The number of amides is 2. The van der Waals surface area contributed by atoms with Crippen molar-refractivity contribution in [2.24, 2.45) is 5.92 Å². The molecule has 3 rings (SSSR count). The van der Waals surface area contributed by atoms with E-state index in [4.69, 9.17) is 4.74 Å². The number of piperazine rings is 1. The van der Waals surface area contributed by atoms with Crippen LogP contribution in [0.5, 0.6) is 5.75 Å². The number of likely N-dealkylation sites (tertiary alicyclic amines) is 1. The third kappa shape index (κ3) is 5.86. The number of ether oxygens (including phenoxy) is 1. The number of carbonyl (C=O) groups is 2. The van der Waals surface area contributed by atoms with E-state index in [0.717, 1.165) is 51.1 Å². The maximum atomic E-state index is 13.6. The largest absolute Gasteiger partial charge is 0.497 e. The summed E-state index contributed by atoms with van der Waals surface area (Å²) in [5, 5.41) is 13.9. The van der Waals surface area contributed by atoms with Crippen LogP contribution in [0.4, 0.5) is 0 Å². The van der Waals surface area contributed by atoms with E-state index >= 15 is 0 Å². The molecular formula is C26H42ClN3O4. The molecular weight excluding hydrogens is 454 g/mol. The van der Waals surface area contributed by atoms with E-state index < -0.39 is 17.7 Å². The summed E-state index contributed by atoms with van der Waals surface area (Å²) < 4.78 is 5.24. The highest BCUT2D eigenvalue weighted by atomic mass is 35.5. The average molecular weight is 496 g/mol. The van der Waals surface area contributed by atoms with E-state index in [2.05, 4.69) is 29.3 Å². The Labute approximate surface area is 210 Å². The molecule has 1 aromatic carbocycles. The third-order valence-electron chi connectivity index (χ3n) is 7.62. The van der Waals surface area contributed by atoms with Crippen LogP contribution in [-0.2, 0) is 16.1 Å². The van der Waals surface area contributed by atoms with Crippen LogP contribution < -0.4 is 10.1 Å². The molecule has 34 heavy (non-hydrogen) atoms. The van der Waals surface area contributed by atoms with Crippen LogP contribution in [0.1, 0.15) is 64.9 Å². The number of aliphatic hydroxyl groups is 1. The molecule has 2 aliphatic heterocycles. The molecule has 2 atom stereocenters. The van der Waals surface area contributed by atoms with Crippen LogP contribution in [-0.4, -0.2) is 71.1 Å². The van der Waals surface area contributed by atoms with Crippen LogP contribution in [0.15, 0.2) is 24.3 Å². The van der Waals surface area contributed by atoms with E-state index in [1.54, 1.807) is 7.11 Å². The van der Waals surface area contributed by atoms with Gasteiger partial charge in [0.2, 0.25) is 11.8 Å². The predicted octanol–water partition coefficient (Wildman–Crippen LogP) is 3.38. The summed E-state index contributed by atoms with van der Waals surface area (Å²) in [5.74, 6) is 0.612. The minimum Gasteiger partial charge on any atom is -0.497 e. The zero-order chi connectivity index (χ0) is 24.0. The number of hydrogen-bond donors (Lipinski definition) is 2. The zero-order valence-electron chi connectivity index (χ0n) is 21.1. The smallest absolute Gasteiger partial charge is 0.248 e. The first-order chi connectivity index (χ1) is 15.9. The molecule has 1 aromatic rings. The summed E-state index contributed by atoms with van der Waals surface area (Å²) >= 11 is 0. The summed E-state index contributed by atoms with van der Waals surface area (Å²) in [4.78, 5) is 31.2. The fourth-order valence-electron chi connectivity index (χ4n) is 5.32. The lowest BCUT2D eigenvalue weighted by Gasteiger charge is -2.52.